The smallest absolute Gasteiger partial charge is 0.335 e. The van der Waals surface area contributed by atoms with E-state index in [1.54, 1.807) is 6.07 Å². The van der Waals surface area contributed by atoms with Gasteiger partial charge in [0.1, 0.15) is 0 Å². The molecule has 26 heavy (non-hydrogen) atoms. The van der Waals surface area contributed by atoms with E-state index in [-0.39, 0.29) is 6.04 Å². The van der Waals surface area contributed by atoms with Crippen molar-refractivity contribution < 1.29 is 9.90 Å². The van der Waals surface area contributed by atoms with Gasteiger partial charge in [0.2, 0.25) is 0 Å². The van der Waals surface area contributed by atoms with Gasteiger partial charge in [-0.15, -0.1) is 0 Å². The third kappa shape index (κ3) is 2.30. The normalized spacial score (nSPS) is 31.2. The third-order valence-electron chi connectivity index (χ3n) is 6.64. The van der Waals surface area contributed by atoms with Gasteiger partial charge in [0.15, 0.2) is 0 Å². The molecule has 2 aromatic carbocycles. The van der Waals surface area contributed by atoms with Crippen LogP contribution in [0.5, 0.6) is 0 Å². The Hall–Kier alpha value is -1.71. The van der Waals surface area contributed by atoms with Crippen LogP contribution in [-0.4, -0.2) is 11.1 Å². The van der Waals surface area contributed by atoms with Crippen molar-refractivity contribution in [3.05, 3.63) is 63.1 Å². The lowest BCUT2D eigenvalue weighted by Crippen LogP contribution is -2.36. The molecule has 3 nitrogen and oxygen atoms in total. The van der Waals surface area contributed by atoms with Crippen LogP contribution in [0, 0.1) is 17.8 Å². The molecule has 0 saturated heterocycles. The van der Waals surface area contributed by atoms with Crippen LogP contribution >= 0.6 is 23.2 Å². The minimum atomic E-state index is -0.872. The number of hydrogen-bond donors (Lipinski definition) is 2. The second-order valence-electron chi connectivity index (χ2n) is 7.80. The largest absolute Gasteiger partial charge is 0.478 e. The molecule has 0 spiro atoms. The van der Waals surface area contributed by atoms with Gasteiger partial charge >= 0.3 is 5.97 Å². The highest BCUT2D eigenvalue weighted by Gasteiger charge is 2.54. The molecule has 5 heteroatoms. The summed E-state index contributed by atoms with van der Waals surface area (Å²) < 4.78 is 0. The maximum Gasteiger partial charge on any atom is 0.335 e. The van der Waals surface area contributed by atoms with Gasteiger partial charge < -0.3 is 10.4 Å². The molecule has 2 bridgehead atoms. The summed E-state index contributed by atoms with van der Waals surface area (Å²) in [7, 11) is 0. The first-order chi connectivity index (χ1) is 12.5. The zero-order valence-corrected chi connectivity index (χ0v) is 15.6. The van der Waals surface area contributed by atoms with E-state index in [9.17, 15) is 9.90 Å². The molecular weight excluding hydrogens is 369 g/mol. The maximum absolute atomic E-state index is 11.5. The molecule has 2 N–H and O–H groups in total. The number of carboxylic acid groups (broad SMARTS) is 1. The molecule has 0 amide bonds. The van der Waals surface area contributed by atoms with Gasteiger partial charge in [-0.1, -0.05) is 29.3 Å². The molecule has 1 aliphatic heterocycles. The molecule has 0 unspecified atom stereocenters. The van der Waals surface area contributed by atoms with Crippen LogP contribution < -0.4 is 5.32 Å². The fraction of sp³-hybridized carbons (Fsp3) is 0.381. The molecule has 2 aliphatic carbocycles. The van der Waals surface area contributed by atoms with Crippen LogP contribution in [0.15, 0.2) is 36.4 Å². The minimum absolute atomic E-state index is 0.0691. The Kier molecular flexibility index (Phi) is 3.74. The molecular formula is C21H19Cl2NO2. The van der Waals surface area contributed by atoms with Crippen LogP contribution in [-0.2, 0) is 0 Å². The Morgan fingerprint density at radius 2 is 1.81 bits per heavy atom. The van der Waals surface area contributed by atoms with E-state index in [1.807, 2.05) is 30.3 Å². The van der Waals surface area contributed by atoms with Crippen LogP contribution in [0.1, 0.15) is 52.7 Å². The van der Waals surface area contributed by atoms with Crippen molar-refractivity contribution in [3.8, 4) is 0 Å². The number of fused-ring (bicyclic) bond motifs is 7. The molecule has 0 aromatic heterocycles. The number of benzene rings is 2. The highest BCUT2D eigenvalue weighted by Crippen LogP contribution is 2.64. The summed E-state index contributed by atoms with van der Waals surface area (Å²) in [5.74, 6) is 1.17. The Balaban J connectivity index is 1.67. The molecule has 5 rings (SSSR count). The zero-order valence-electron chi connectivity index (χ0n) is 14.1. The Morgan fingerprint density at radius 1 is 1.08 bits per heavy atom. The van der Waals surface area contributed by atoms with Crippen molar-refractivity contribution in [1.82, 2.24) is 0 Å². The molecule has 1 heterocycles. The van der Waals surface area contributed by atoms with Crippen LogP contribution in [0.2, 0.25) is 10.0 Å². The molecule has 5 atom stereocenters. The van der Waals surface area contributed by atoms with Crippen molar-refractivity contribution in [2.75, 3.05) is 5.32 Å². The van der Waals surface area contributed by atoms with Crippen molar-refractivity contribution in [3.63, 3.8) is 0 Å². The Labute approximate surface area is 162 Å². The van der Waals surface area contributed by atoms with Crippen LogP contribution in [0.3, 0.4) is 0 Å². The molecule has 2 fully saturated rings. The fourth-order valence-electron chi connectivity index (χ4n) is 5.72. The maximum atomic E-state index is 11.5. The fourth-order valence-corrected chi connectivity index (χ4v) is 6.35. The van der Waals surface area contributed by atoms with Gasteiger partial charge in [0.25, 0.3) is 0 Å². The average Bonchev–Trinajstić information content (AvgIpc) is 3.23. The minimum Gasteiger partial charge on any atom is -0.478 e. The number of carboxylic acids is 1. The second-order valence-corrected chi connectivity index (χ2v) is 8.62. The molecule has 0 radical (unpaired) electrons. The van der Waals surface area contributed by atoms with Crippen LogP contribution in [0.4, 0.5) is 5.69 Å². The monoisotopic (exact) mass is 387 g/mol. The number of carbonyl (C=O) groups is 1. The Morgan fingerprint density at radius 3 is 2.54 bits per heavy atom. The van der Waals surface area contributed by atoms with E-state index in [2.05, 4.69) is 5.32 Å². The summed E-state index contributed by atoms with van der Waals surface area (Å²) in [4.78, 5) is 11.5. The van der Waals surface area contributed by atoms with E-state index in [0.717, 1.165) is 16.8 Å². The van der Waals surface area contributed by atoms with Crippen molar-refractivity contribution in [2.45, 2.75) is 31.2 Å². The van der Waals surface area contributed by atoms with Gasteiger partial charge in [0.05, 0.1) is 11.6 Å². The van der Waals surface area contributed by atoms with E-state index in [0.29, 0.717) is 39.3 Å². The third-order valence-corrected chi connectivity index (χ3v) is 7.30. The SMILES string of the molecule is O=C(O)c1ccc2c(c1)[C@@H]1[C@H]3CC[C@@H](C3)[C@@H]1[C@H](c1c(Cl)cccc1Cl)N2. The summed E-state index contributed by atoms with van der Waals surface area (Å²) in [6, 6.07) is 11.2. The highest BCUT2D eigenvalue weighted by molar-refractivity contribution is 6.36. The molecule has 2 aromatic rings. The first-order valence-electron chi connectivity index (χ1n) is 9.12. The first kappa shape index (κ1) is 16.5. The Bertz CT molecular complexity index is 893. The number of aromatic carboxylic acids is 1. The number of halogens is 2. The van der Waals surface area contributed by atoms with E-state index in [4.69, 9.17) is 23.2 Å². The summed E-state index contributed by atoms with van der Waals surface area (Å²) >= 11 is 13.1. The topological polar surface area (TPSA) is 49.3 Å². The van der Waals surface area contributed by atoms with E-state index in [1.165, 1.54) is 19.3 Å². The van der Waals surface area contributed by atoms with Crippen molar-refractivity contribution in [1.29, 1.82) is 0 Å². The zero-order chi connectivity index (χ0) is 18.0. The number of anilines is 1. The van der Waals surface area contributed by atoms with Crippen molar-refractivity contribution >= 4 is 34.9 Å². The van der Waals surface area contributed by atoms with Crippen LogP contribution in [0.25, 0.3) is 0 Å². The highest BCUT2D eigenvalue weighted by atomic mass is 35.5. The van der Waals surface area contributed by atoms with Crippen molar-refractivity contribution in [2.24, 2.45) is 17.8 Å². The average molecular weight is 388 g/mol. The lowest BCUT2D eigenvalue weighted by molar-refractivity contribution is 0.0696. The lowest BCUT2D eigenvalue weighted by Gasteiger charge is -2.44. The summed E-state index contributed by atoms with van der Waals surface area (Å²) in [6.45, 7) is 0. The van der Waals surface area contributed by atoms with Gasteiger partial charge in [-0.05, 0) is 78.8 Å². The van der Waals surface area contributed by atoms with Gasteiger partial charge in [-0.2, -0.15) is 0 Å². The summed E-state index contributed by atoms with van der Waals surface area (Å²) in [5, 5.41) is 14.5. The van der Waals surface area contributed by atoms with Gasteiger partial charge in [-0.3, -0.25) is 0 Å². The van der Waals surface area contributed by atoms with Gasteiger partial charge in [-0.25, -0.2) is 4.79 Å². The second kappa shape index (κ2) is 5.90. The standard InChI is InChI=1S/C21H19Cl2NO2/c22-14-2-1-3-15(23)19(14)20-18-11-5-4-10(8-11)17(18)13-9-12(21(25)26)6-7-16(13)24-20/h1-3,6-7,9-11,17-18,20,24H,4-5,8H2,(H,25,26)/t10-,11-,17-,18-,20+/m0/s1. The first-order valence-corrected chi connectivity index (χ1v) is 9.88. The number of rotatable bonds is 2. The summed E-state index contributed by atoms with van der Waals surface area (Å²) in [6.07, 6.45) is 3.68. The van der Waals surface area contributed by atoms with E-state index < -0.39 is 5.97 Å². The quantitative estimate of drug-likeness (QED) is 0.665. The molecule has 134 valence electrons. The summed E-state index contributed by atoms with van der Waals surface area (Å²) in [5.41, 5.74) is 3.51. The molecule has 3 aliphatic rings. The predicted molar refractivity (Wildman–Crippen MR) is 103 cm³/mol. The van der Waals surface area contributed by atoms with E-state index >= 15 is 0 Å². The number of nitrogens with one attached hydrogen (secondary N) is 1. The lowest BCUT2D eigenvalue weighted by atomic mass is 9.68. The number of hydrogen-bond acceptors (Lipinski definition) is 2. The van der Waals surface area contributed by atoms with Gasteiger partial charge in [0, 0.05) is 21.3 Å². The molecule has 2 saturated carbocycles. The predicted octanol–water partition coefficient (Wildman–Crippen LogP) is 5.99.